The molecule has 0 aliphatic carbocycles. The lowest BCUT2D eigenvalue weighted by Crippen LogP contribution is -2.13. The number of methoxy groups -OCH3 is 1. The summed E-state index contributed by atoms with van der Waals surface area (Å²) < 4.78 is 10.1. The number of nitrogens with one attached hydrogen (secondary N) is 1. The number of aliphatic imine (C=N–C) groups is 1. The van der Waals surface area contributed by atoms with Gasteiger partial charge in [-0.3, -0.25) is 15.3 Å². The number of ether oxygens (including phenoxy) is 2. The Morgan fingerprint density at radius 3 is 2.52 bits per heavy atom. The number of rotatable bonds is 8. The molecule has 2 N–H and O–H groups in total. The summed E-state index contributed by atoms with van der Waals surface area (Å²) in [5.74, 6) is 2.48. The maximum Gasteiger partial charge on any atom is 0.183 e. The highest BCUT2D eigenvalue weighted by atomic mass is 32.2. The van der Waals surface area contributed by atoms with E-state index in [2.05, 4.69) is 15.3 Å². The largest absolute Gasteiger partial charge is 0.495 e. The number of nitriles is 1. The molecule has 1 rings (SSSR count). The fraction of sp³-hybridized carbons (Fsp3) is 0.611. The van der Waals surface area contributed by atoms with Crippen LogP contribution >= 0.6 is 23.5 Å². The standard InChI is InChI=1S/C12H16N4OS2.C4H10O.C2H6O/c1-17-11-4-3-5-14-10(11)8-19-7-6-15-12(18-2)16-9-13;1-3-5-4-2;1-2-3/h3-5H,6-8H2,1-2H3,(H,15,16);3-4H2,1-2H3;3H,2H2,1H3. The molecule has 154 valence electrons. The van der Waals surface area contributed by atoms with Crippen molar-refractivity contribution in [3.8, 4) is 11.9 Å². The average Bonchev–Trinajstić information content (AvgIpc) is 2.69. The Morgan fingerprint density at radius 1 is 1.37 bits per heavy atom. The minimum atomic E-state index is 0.250. The van der Waals surface area contributed by atoms with Crippen LogP contribution in [-0.4, -0.2) is 60.7 Å². The van der Waals surface area contributed by atoms with Gasteiger partial charge in [0.05, 0.1) is 19.3 Å². The summed E-state index contributed by atoms with van der Waals surface area (Å²) in [7, 11) is 1.65. The lowest BCUT2D eigenvalue weighted by atomic mass is 10.3. The van der Waals surface area contributed by atoms with E-state index in [0.717, 1.165) is 36.2 Å². The lowest BCUT2D eigenvalue weighted by molar-refractivity contribution is 0.162. The van der Waals surface area contributed by atoms with Gasteiger partial charge in [-0.2, -0.15) is 17.0 Å². The van der Waals surface area contributed by atoms with Gasteiger partial charge in [0.1, 0.15) is 5.75 Å². The Morgan fingerprint density at radius 2 is 2.04 bits per heavy atom. The van der Waals surface area contributed by atoms with E-state index in [0.29, 0.717) is 11.7 Å². The number of nitrogens with zero attached hydrogens (tertiary/aromatic N) is 3. The molecule has 0 aromatic carbocycles. The average molecular weight is 417 g/mol. The second-order valence-corrected chi connectivity index (χ2v) is 6.33. The van der Waals surface area contributed by atoms with Crippen molar-refractivity contribution >= 4 is 28.7 Å². The predicted molar refractivity (Wildman–Crippen MR) is 116 cm³/mol. The third-order valence-corrected chi connectivity index (χ3v) is 4.13. The summed E-state index contributed by atoms with van der Waals surface area (Å²) in [6.07, 6.45) is 5.51. The highest BCUT2D eigenvalue weighted by molar-refractivity contribution is 8.13. The first kappa shape index (κ1) is 27.7. The molecule has 0 spiro atoms. The minimum absolute atomic E-state index is 0.250. The van der Waals surface area contributed by atoms with Crippen LogP contribution < -0.4 is 10.1 Å². The third-order valence-electron chi connectivity index (χ3n) is 2.56. The van der Waals surface area contributed by atoms with E-state index in [-0.39, 0.29) is 6.61 Å². The van der Waals surface area contributed by atoms with Crippen molar-refractivity contribution < 1.29 is 14.6 Å². The number of amidine groups is 1. The molecule has 0 amide bonds. The van der Waals surface area contributed by atoms with Crippen LogP contribution in [0, 0.1) is 11.5 Å². The van der Waals surface area contributed by atoms with E-state index in [1.807, 2.05) is 38.4 Å². The van der Waals surface area contributed by atoms with Crippen LogP contribution in [0.2, 0.25) is 0 Å². The predicted octanol–water partition coefficient (Wildman–Crippen LogP) is 3.15. The maximum absolute atomic E-state index is 8.49. The molecule has 0 bridgehead atoms. The molecule has 27 heavy (non-hydrogen) atoms. The van der Waals surface area contributed by atoms with E-state index in [1.54, 1.807) is 32.0 Å². The second kappa shape index (κ2) is 22.6. The zero-order valence-corrected chi connectivity index (χ0v) is 18.5. The highest BCUT2D eigenvalue weighted by Gasteiger charge is 2.02. The first-order valence-corrected chi connectivity index (χ1v) is 11.0. The number of pyridine rings is 1. The zero-order valence-electron chi connectivity index (χ0n) is 16.9. The number of thioether (sulfide) groups is 2. The topological polar surface area (TPSA) is 99.8 Å². The summed E-state index contributed by atoms with van der Waals surface area (Å²) in [4.78, 5) is 8.57. The van der Waals surface area contributed by atoms with Crippen LogP contribution in [0.4, 0.5) is 0 Å². The molecule has 0 aliphatic rings. The molecule has 0 fully saturated rings. The van der Waals surface area contributed by atoms with Crippen LogP contribution in [0.3, 0.4) is 0 Å². The molecule has 0 aliphatic heterocycles. The van der Waals surface area contributed by atoms with E-state index in [1.165, 1.54) is 11.8 Å². The van der Waals surface area contributed by atoms with E-state index in [9.17, 15) is 0 Å². The maximum atomic E-state index is 8.49. The molecule has 1 aromatic rings. The fourth-order valence-electron chi connectivity index (χ4n) is 1.51. The quantitative estimate of drug-likeness (QED) is 0.219. The van der Waals surface area contributed by atoms with Gasteiger partial charge in [0, 0.05) is 37.5 Å². The molecule has 1 heterocycles. The minimum Gasteiger partial charge on any atom is -0.495 e. The Hall–Kier alpha value is -1.47. The fourth-order valence-corrected chi connectivity index (χ4v) is 2.65. The molecule has 7 nitrogen and oxygen atoms in total. The third kappa shape index (κ3) is 17.7. The SMILES string of the molecule is CCO.CCOCC.COc1cccnc1CSCCN=C(NC#N)SC. The highest BCUT2D eigenvalue weighted by Crippen LogP contribution is 2.20. The summed E-state index contributed by atoms with van der Waals surface area (Å²) in [6.45, 7) is 8.27. The van der Waals surface area contributed by atoms with Gasteiger partial charge in [0.25, 0.3) is 0 Å². The van der Waals surface area contributed by atoms with Gasteiger partial charge in [-0.15, -0.1) is 0 Å². The van der Waals surface area contributed by atoms with Crippen molar-refractivity contribution in [2.45, 2.75) is 26.5 Å². The lowest BCUT2D eigenvalue weighted by Gasteiger charge is -2.06. The van der Waals surface area contributed by atoms with Crippen molar-refractivity contribution in [2.75, 3.05) is 45.5 Å². The van der Waals surface area contributed by atoms with Crippen molar-refractivity contribution in [1.82, 2.24) is 10.3 Å². The van der Waals surface area contributed by atoms with Crippen molar-refractivity contribution in [3.05, 3.63) is 24.0 Å². The molecule has 0 saturated carbocycles. The van der Waals surface area contributed by atoms with Crippen LogP contribution in [0.15, 0.2) is 23.3 Å². The first-order chi connectivity index (χ1) is 13.1. The number of hydrogen-bond acceptors (Lipinski definition) is 8. The Kier molecular flexibility index (Phi) is 23.2. The van der Waals surface area contributed by atoms with Crippen LogP contribution in [0.1, 0.15) is 26.5 Å². The normalized spacial score (nSPS) is 9.89. The molecule has 0 unspecified atom stereocenters. The molecule has 0 radical (unpaired) electrons. The number of aromatic nitrogens is 1. The summed E-state index contributed by atoms with van der Waals surface area (Å²) in [6, 6.07) is 3.76. The Labute approximate surface area is 172 Å². The van der Waals surface area contributed by atoms with Crippen LogP contribution in [-0.2, 0) is 10.5 Å². The number of aliphatic hydroxyl groups excluding tert-OH is 1. The molecular formula is C18H32N4O3S2. The monoisotopic (exact) mass is 416 g/mol. The van der Waals surface area contributed by atoms with Gasteiger partial charge >= 0.3 is 0 Å². The van der Waals surface area contributed by atoms with Gasteiger partial charge in [0.15, 0.2) is 11.4 Å². The van der Waals surface area contributed by atoms with Gasteiger partial charge < -0.3 is 14.6 Å². The van der Waals surface area contributed by atoms with E-state index >= 15 is 0 Å². The summed E-state index contributed by atoms with van der Waals surface area (Å²) in [5.41, 5.74) is 0.944. The van der Waals surface area contributed by atoms with Crippen LogP contribution in [0.25, 0.3) is 0 Å². The number of aliphatic hydroxyl groups is 1. The molecule has 1 aromatic heterocycles. The first-order valence-electron chi connectivity index (χ1n) is 8.62. The summed E-state index contributed by atoms with van der Waals surface area (Å²) >= 11 is 3.17. The van der Waals surface area contributed by atoms with Gasteiger partial charge in [-0.1, -0.05) is 11.8 Å². The zero-order chi connectivity index (χ0) is 20.8. The van der Waals surface area contributed by atoms with Gasteiger partial charge in [-0.05, 0) is 39.2 Å². The molecular weight excluding hydrogens is 384 g/mol. The molecule has 0 saturated heterocycles. The summed E-state index contributed by atoms with van der Waals surface area (Å²) in [5, 5.41) is 19.3. The van der Waals surface area contributed by atoms with Crippen LogP contribution in [0.5, 0.6) is 5.75 Å². The Balaban J connectivity index is 0. The van der Waals surface area contributed by atoms with Crippen molar-refractivity contribution in [1.29, 1.82) is 5.26 Å². The Bertz CT molecular complexity index is 524. The second-order valence-electron chi connectivity index (χ2n) is 4.43. The van der Waals surface area contributed by atoms with Crippen molar-refractivity contribution in [3.63, 3.8) is 0 Å². The van der Waals surface area contributed by atoms with Gasteiger partial charge in [0.2, 0.25) is 0 Å². The van der Waals surface area contributed by atoms with Gasteiger partial charge in [-0.25, -0.2) is 0 Å². The van der Waals surface area contributed by atoms with E-state index in [4.69, 9.17) is 19.8 Å². The van der Waals surface area contributed by atoms with E-state index < -0.39 is 0 Å². The van der Waals surface area contributed by atoms with Crippen molar-refractivity contribution in [2.24, 2.45) is 4.99 Å². The molecule has 9 heteroatoms. The molecule has 0 atom stereocenters. The number of hydrogen-bond donors (Lipinski definition) is 2. The smallest absolute Gasteiger partial charge is 0.183 e.